The van der Waals surface area contributed by atoms with Crippen LogP contribution < -0.4 is 5.32 Å². The molecule has 88 valence electrons. The second-order valence-electron chi connectivity index (χ2n) is 2.99. The lowest BCUT2D eigenvalue weighted by atomic mass is 10.2. The smallest absolute Gasteiger partial charge is 0.221 e. The molecular weight excluding hydrogens is 236 g/mol. The van der Waals surface area contributed by atoms with Crippen molar-refractivity contribution in [1.82, 2.24) is 5.32 Å². The molecule has 0 heterocycles. The van der Waals surface area contributed by atoms with Crippen molar-refractivity contribution >= 4 is 22.7 Å². The summed E-state index contributed by atoms with van der Waals surface area (Å²) < 4.78 is 15.3. The van der Waals surface area contributed by atoms with Gasteiger partial charge in [0, 0.05) is 13.5 Å². The van der Waals surface area contributed by atoms with Crippen LogP contribution in [-0.2, 0) is 13.9 Å². The first kappa shape index (κ1) is 14.9. The zero-order valence-electron chi connectivity index (χ0n) is 8.97. The van der Waals surface area contributed by atoms with E-state index < -0.39 is 13.9 Å². The van der Waals surface area contributed by atoms with E-state index in [1.165, 1.54) is 7.11 Å². The van der Waals surface area contributed by atoms with Crippen molar-refractivity contribution in [2.45, 2.75) is 38.1 Å². The number of unbranched alkanes of at least 4 members (excludes halogenated alkanes) is 2. The molecular formula is C8H17NO4P2. The molecule has 0 saturated heterocycles. The van der Waals surface area contributed by atoms with Crippen molar-refractivity contribution in [3.8, 4) is 0 Å². The minimum absolute atomic E-state index is 0.199. The van der Waals surface area contributed by atoms with Crippen LogP contribution in [0.1, 0.15) is 32.6 Å². The first-order valence-electron chi connectivity index (χ1n) is 4.79. The summed E-state index contributed by atoms with van der Waals surface area (Å²) in [7, 11) is -0.863. The predicted octanol–water partition coefficient (Wildman–Crippen LogP) is 2.21. The van der Waals surface area contributed by atoms with Crippen molar-refractivity contribution in [3.63, 3.8) is 0 Å². The Morgan fingerprint density at radius 2 is 2.27 bits per heavy atom. The van der Waals surface area contributed by atoms with E-state index in [0.717, 1.165) is 19.3 Å². The fraction of sp³-hybridized carbons (Fsp3) is 0.875. The molecule has 0 fully saturated rings. The van der Waals surface area contributed by atoms with Gasteiger partial charge in [-0.2, -0.15) is 0 Å². The van der Waals surface area contributed by atoms with Crippen LogP contribution in [0.25, 0.3) is 0 Å². The number of amides is 1. The quantitative estimate of drug-likeness (QED) is 0.513. The maximum Gasteiger partial charge on any atom is 0.221 e. The van der Waals surface area contributed by atoms with Gasteiger partial charge in [-0.1, -0.05) is 19.8 Å². The second kappa shape index (κ2) is 9.17. The van der Waals surface area contributed by atoms with E-state index in [4.69, 9.17) is 0 Å². The Balaban J connectivity index is 3.85. The number of carbonyl (C=O) groups is 1. The highest BCUT2D eigenvalue weighted by atomic mass is 31.2. The van der Waals surface area contributed by atoms with Gasteiger partial charge < -0.3 is 14.7 Å². The Bertz CT molecular complexity index is 203. The molecule has 0 aliphatic carbocycles. The summed E-state index contributed by atoms with van der Waals surface area (Å²) in [6, 6.07) is 0. The Kier molecular flexibility index (Phi) is 9.12. The highest BCUT2D eigenvalue weighted by molar-refractivity contribution is 7.57. The van der Waals surface area contributed by atoms with Gasteiger partial charge in [0.1, 0.15) is 0 Å². The van der Waals surface area contributed by atoms with Crippen LogP contribution in [0, 0.1) is 0 Å². The Morgan fingerprint density at radius 3 is 2.73 bits per heavy atom. The van der Waals surface area contributed by atoms with E-state index in [0.29, 0.717) is 6.42 Å². The van der Waals surface area contributed by atoms with Gasteiger partial charge in [-0.05, 0) is 6.42 Å². The average Bonchev–Trinajstić information content (AvgIpc) is 2.25. The molecule has 0 rings (SSSR count). The van der Waals surface area contributed by atoms with Crippen LogP contribution in [-0.4, -0.2) is 23.4 Å². The summed E-state index contributed by atoms with van der Waals surface area (Å²) in [5, 5.41) is 2.47. The van der Waals surface area contributed by atoms with Crippen LogP contribution in [0.5, 0.6) is 0 Å². The minimum Gasteiger partial charge on any atom is -0.348 e. The van der Waals surface area contributed by atoms with Gasteiger partial charge in [0.05, 0.1) is 0 Å². The summed E-state index contributed by atoms with van der Waals surface area (Å²) >= 11 is 0. The molecule has 7 heteroatoms. The zero-order valence-corrected chi connectivity index (χ0v) is 10.8. The van der Waals surface area contributed by atoms with E-state index in [-0.39, 0.29) is 14.4 Å². The van der Waals surface area contributed by atoms with Crippen molar-refractivity contribution in [2.24, 2.45) is 0 Å². The number of nitrogens with one attached hydrogen (secondary N) is 1. The van der Waals surface area contributed by atoms with E-state index >= 15 is 0 Å². The third-order valence-electron chi connectivity index (χ3n) is 1.79. The normalized spacial score (nSPS) is 14.9. The molecule has 0 spiro atoms. The van der Waals surface area contributed by atoms with Crippen molar-refractivity contribution < 1.29 is 18.8 Å². The van der Waals surface area contributed by atoms with Crippen molar-refractivity contribution in [3.05, 3.63) is 0 Å². The number of hydrogen-bond donors (Lipinski definition) is 2. The summed E-state index contributed by atoms with van der Waals surface area (Å²) in [5.41, 5.74) is -0.820. The van der Waals surface area contributed by atoms with Gasteiger partial charge in [0.2, 0.25) is 14.3 Å². The van der Waals surface area contributed by atoms with E-state index in [1.807, 2.05) is 0 Å². The van der Waals surface area contributed by atoms with Crippen LogP contribution >= 0.6 is 16.8 Å². The highest BCUT2D eigenvalue weighted by Gasteiger charge is 2.21. The summed E-state index contributed by atoms with van der Waals surface area (Å²) in [6.07, 6.45) is 3.24. The van der Waals surface area contributed by atoms with Crippen LogP contribution in [0.3, 0.4) is 0 Å². The molecule has 2 atom stereocenters. The first-order valence-corrected chi connectivity index (χ1v) is 6.96. The van der Waals surface area contributed by atoms with Crippen molar-refractivity contribution in [2.75, 3.05) is 7.11 Å². The standard InChI is InChI=1S/C8H17NO4P2/c1-3-4-5-6-7(10)9-8(14-11)15(12)13-2/h8,12H,3-6H2,1-2H3,(H,9,10). The Labute approximate surface area is 92.7 Å². The summed E-state index contributed by atoms with van der Waals surface area (Å²) in [5.74, 6) is -0.199. The zero-order chi connectivity index (χ0) is 11.7. The lowest BCUT2D eigenvalue weighted by Gasteiger charge is -2.15. The third-order valence-corrected chi connectivity index (χ3v) is 3.92. The molecule has 15 heavy (non-hydrogen) atoms. The van der Waals surface area contributed by atoms with Gasteiger partial charge in [0.25, 0.3) is 0 Å². The lowest BCUT2D eigenvalue weighted by molar-refractivity contribution is -0.121. The lowest BCUT2D eigenvalue weighted by Crippen LogP contribution is -2.29. The fourth-order valence-electron chi connectivity index (χ4n) is 0.973. The highest BCUT2D eigenvalue weighted by Crippen LogP contribution is 2.40. The molecule has 1 amide bonds. The molecule has 0 aliphatic heterocycles. The van der Waals surface area contributed by atoms with Gasteiger partial charge >= 0.3 is 0 Å². The molecule has 2 unspecified atom stereocenters. The van der Waals surface area contributed by atoms with Gasteiger partial charge in [-0.3, -0.25) is 9.36 Å². The molecule has 0 aliphatic rings. The SMILES string of the molecule is CCCCCC(=O)NC(P=O)P(O)OC. The van der Waals surface area contributed by atoms with Gasteiger partial charge in [-0.25, -0.2) is 0 Å². The molecule has 5 nitrogen and oxygen atoms in total. The van der Waals surface area contributed by atoms with Crippen LogP contribution in [0.15, 0.2) is 0 Å². The molecule has 0 bridgehead atoms. The predicted molar refractivity (Wildman–Crippen MR) is 59.8 cm³/mol. The van der Waals surface area contributed by atoms with E-state index in [1.54, 1.807) is 0 Å². The Hall–Kier alpha value is -0.0800. The van der Waals surface area contributed by atoms with E-state index in [2.05, 4.69) is 16.8 Å². The fourth-order valence-corrected chi connectivity index (χ4v) is 2.23. The molecule has 0 saturated carbocycles. The summed E-state index contributed by atoms with van der Waals surface area (Å²) in [4.78, 5) is 20.6. The molecule has 0 aromatic heterocycles. The Morgan fingerprint density at radius 1 is 1.60 bits per heavy atom. The van der Waals surface area contributed by atoms with Crippen LogP contribution in [0.4, 0.5) is 0 Å². The third kappa shape index (κ3) is 6.91. The number of carbonyl (C=O) groups excluding carboxylic acids is 1. The number of hydrogen-bond acceptors (Lipinski definition) is 4. The van der Waals surface area contributed by atoms with Crippen molar-refractivity contribution in [1.29, 1.82) is 0 Å². The topological polar surface area (TPSA) is 75.6 Å². The first-order chi connectivity index (χ1) is 7.15. The largest absolute Gasteiger partial charge is 0.348 e. The molecule has 2 N–H and O–H groups in total. The monoisotopic (exact) mass is 253 g/mol. The second-order valence-corrected chi connectivity index (χ2v) is 5.61. The maximum atomic E-state index is 11.3. The maximum absolute atomic E-state index is 11.3. The van der Waals surface area contributed by atoms with Crippen LogP contribution in [0.2, 0.25) is 0 Å². The molecule has 0 aromatic rings. The average molecular weight is 253 g/mol. The van der Waals surface area contributed by atoms with E-state index in [9.17, 15) is 14.3 Å². The summed E-state index contributed by atoms with van der Waals surface area (Å²) in [6.45, 7) is 2.05. The number of rotatable bonds is 8. The molecule has 0 aromatic carbocycles. The minimum atomic E-state index is -1.85. The van der Waals surface area contributed by atoms with Gasteiger partial charge in [-0.15, -0.1) is 0 Å². The van der Waals surface area contributed by atoms with Gasteiger partial charge in [0.15, 0.2) is 14.0 Å². The molecule has 0 radical (unpaired) electrons.